The highest BCUT2D eigenvalue weighted by Crippen LogP contribution is 2.33. The van der Waals surface area contributed by atoms with Crippen LogP contribution in [0.1, 0.15) is 11.1 Å². The van der Waals surface area contributed by atoms with Crippen molar-refractivity contribution in [2.75, 3.05) is 5.32 Å². The number of aryl methyl sites for hydroxylation is 1. The number of hydrogen-bond acceptors (Lipinski definition) is 2. The Labute approximate surface area is 223 Å². The Balaban J connectivity index is 1.71. The zero-order valence-electron chi connectivity index (χ0n) is 16.7. The van der Waals surface area contributed by atoms with Gasteiger partial charge in [0.2, 0.25) is 9.70 Å². The molecule has 168 valence electrons. The summed E-state index contributed by atoms with van der Waals surface area (Å²) >= 11 is 30.7. The van der Waals surface area contributed by atoms with Gasteiger partial charge in [0.15, 0.2) is 5.11 Å². The second kappa shape index (κ2) is 10.9. The smallest absolute Gasteiger partial charge is 0.228 e. The number of hydrogen-bond donors (Lipinski definition) is 3. The number of carbonyl (C=O) groups excluding carboxylic acids is 1. The lowest BCUT2D eigenvalue weighted by Crippen LogP contribution is -2.56. The maximum absolute atomic E-state index is 12.8. The van der Waals surface area contributed by atoms with Crippen LogP contribution >= 0.6 is 78.9 Å². The molecule has 1 atom stereocenters. The first-order valence-electron chi connectivity index (χ1n) is 9.40. The summed E-state index contributed by atoms with van der Waals surface area (Å²) in [5.74, 6) is -0.314. The van der Waals surface area contributed by atoms with Crippen LogP contribution < -0.4 is 16.0 Å². The van der Waals surface area contributed by atoms with Crippen LogP contribution in [-0.2, 0) is 11.2 Å². The Morgan fingerprint density at radius 3 is 2.31 bits per heavy atom. The molecule has 4 nitrogen and oxygen atoms in total. The lowest BCUT2D eigenvalue weighted by molar-refractivity contribution is -0.121. The van der Waals surface area contributed by atoms with Crippen molar-refractivity contribution < 1.29 is 4.79 Å². The molecular weight excluding hydrogens is 620 g/mol. The number of fused-ring (bicyclic) bond motifs is 1. The third-order valence-electron chi connectivity index (χ3n) is 4.56. The third kappa shape index (κ3) is 6.72. The normalized spacial score (nSPS) is 12.3. The van der Waals surface area contributed by atoms with Crippen molar-refractivity contribution in [3.63, 3.8) is 0 Å². The molecule has 32 heavy (non-hydrogen) atoms. The predicted molar refractivity (Wildman–Crippen MR) is 146 cm³/mol. The highest BCUT2D eigenvalue weighted by Gasteiger charge is 2.34. The van der Waals surface area contributed by atoms with E-state index >= 15 is 0 Å². The average molecular weight is 639 g/mol. The van der Waals surface area contributed by atoms with E-state index in [2.05, 4.69) is 47.8 Å². The summed E-state index contributed by atoms with van der Waals surface area (Å²) in [5, 5.41) is 10.9. The number of anilines is 1. The summed E-state index contributed by atoms with van der Waals surface area (Å²) in [6, 6.07) is 17.5. The minimum absolute atomic E-state index is 0.121. The van der Waals surface area contributed by atoms with Gasteiger partial charge in [0.05, 0.1) is 12.1 Å². The number of benzene rings is 3. The highest BCUT2D eigenvalue weighted by molar-refractivity contribution is 9.11. The summed E-state index contributed by atoms with van der Waals surface area (Å²) in [4.78, 5) is 12.8. The van der Waals surface area contributed by atoms with Gasteiger partial charge in [-0.1, -0.05) is 77.3 Å². The molecule has 0 unspecified atom stereocenters. The number of rotatable bonds is 5. The van der Waals surface area contributed by atoms with Crippen LogP contribution in [0, 0.1) is 6.92 Å². The monoisotopic (exact) mass is 635 g/mol. The molecule has 0 bridgehead atoms. The van der Waals surface area contributed by atoms with Crippen molar-refractivity contribution in [2.24, 2.45) is 0 Å². The molecule has 0 aliphatic rings. The maximum Gasteiger partial charge on any atom is 0.228 e. The molecule has 10 heteroatoms. The number of nitrogens with one attached hydrogen (secondary N) is 3. The number of halogens is 5. The Morgan fingerprint density at radius 2 is 1.66 bits per heavy atom. The van der Waals surface area contributed by atoms with E-state index in [-0.39, 0.29) is 17.4 Å². The lowest BCUT2D eigenvalue weighted by atomic mass is 10.0. The molecule has 0 fully saturated rings. The topological polar surface area (TPSA) is 53.2 Å². The van der Waals surface area contributed by atoms with Crippen molar-refractivity contribution >= 4 is 106 Å². The minimum atomic E-state index is -1.85. The molecule has 3 aromatic carbocycles. The Bertz CT molecular complexity index is 1140. The summed E-state index contributed by atoms with van der Waals surface area (Å²) < 4.78 is -0.236. The molecule has 0 saturated carbocycles. The summed E-state index contributed by atoms with van der Waals surface area (Å²) in [6.07, 6.45) is -0.937. The molecule has 3 N–H and O–H groups in total. The Kier molecular flexibility index (Phi) is 8.69. The summed E-state index contributed by atoms with van der Waals surface area (Å²) in [5.41, 5.74) is 2.64. The molecule has 0 radical (unpaired) electrons. The molecule has 3 rings (SSSR count). The van der Waals surface area contributed by atoms with Crippen molar-refractivity contribution in [1.82, 2.24) is 10.6 Å². The van der Waals surface area contributed by atoms with Gasteiger partial charge in [-0.3, -0.25) is 4.79 Å². The number of amides is 1. The van der Waals surface area contributed by atoms with Gasteiger partial charge in [-0.15, -0.1) is 0 Å². The van der Waals surface area contributed by atoms with Gasteiger partial charge >= 0.3 is 0 Å². The average Bonchev–Trinajstić information content (AvgIpc) is 2.70. The zero-order valence-corrected chi connectivity index (χ0v) is 22.9. The van der Waals surface area contributed by atoms with Crippen LogP contribution in [0.5, 0.6) is 0 Å². The predicted octanol–water partition coefficient (Wildman–Crippen LogP) is 7.01. The van der Waals surface area contributed by atoms with E-state index in [1.807, 2.05) is 61.5 Å². The van der Waals surface area contributed by atoms with Gasteiger partial charge in [0, 0.05) is 8.95 Å². The molecule has 1 amide bonds. The maximum atomic E-state index is 12.8. The molecule has 0 spiro atoms. The van der Waals surface area contributed by atoms with Crippen LogP contribution in [-0.4, -0.2) is 21.0 Å². The second-order valence-corrected chi connectivity index (χ2v) is 11.5. The number of carbonyl (C=O) groups is 1. The van der Waals surface area contributed by atoms with E-state index in [4.69, 9.17) is 47.0 Å². The van der Waals surface area contributed by atoms with E-state index in [0.29, 0.717) is 5.69 Å². The molecule has 0 aromatic heterocycles. The van der Waals surface area contributed by atoms with E-state index in [1.165, 1.54) is 0 Å². The van der Waals surface area contributed by atoms with Crippen molar-refractivity contribution in [3.05, 3.63) is 74.7 Å². The second-order valence-electron chi connectivity index (χ2n) is 7.06. The fraction of sp³-hybridized carbons (Fsp3) is 0.182. The quantitative estimate of drug-likeness (QED) is 0.160. The van der Waals surface area contributed by atoms with Crippen LogP contribution in [0.25, 0.3) is 10.8 Å². The molecular formula is C22H18Br2Cl3N3OS. The fourth-order valence-corrected chi connectivity index (χ4v) is 5.29. The van der Waals surface area contributed by atoms with Crippen LogP contribution in [0.3, 0.4) is 0 Å². The van der Waals surface area contributed by atoms with Gasteiger partial charge in [-0.2, -0.15) is 0 Å². The highest BCUT2D eigenvalue weighted by atomic mass is 79.9. The van der Waals surface area contributed by atoms with Crippen LogP contribution in [0.4, 0.5) is 5.69 Å². The van der Waals surface area contributed by atoms with E-state index in [1.54, 1.807) is 0 Å². The third-order valence-corrected chi connectivity index (χ3v) is 6.69. The standard InChI is InChI=1S/C22H18Br2Cl3N3OS/c1-12-9-16(23)19(17(24)10-12)29-21(32)30-20(22(25,26)27)28-18(31)11-14-7-4-6-13-5-2-3-8-15(13)14/h2-10,20H,11H2,1H3,(H,28,31)(H2,29,30,32)/t20-/m1/s1. The number of thiocarbonyl (C=S) groups is 1. The van der Waals surface area contributed by atoms with E-state index < -0.39 is 9.96 Å². The molecule has 3 aromatic rings. The van der Waals surface area contributed by atoms with Gasteiger partial charge < -0.3 is 16.0 Å². The number of alkyl halides is 3. The van der Waals surface area contributed by atoms with Crippen molar-refractivity contribution in [1.29, 1.82) is 0 Å². The van der Waals surface area contributed by atoms with Gasteiger partial charge in [-0.05, 0) is 85.0 Å². The SMILES string of the molecule is Cc1cc(Br)c(NC(=S)N[C@@H](NC(=O)Cc2cccc3ccccc23)C(Cl)(Cl)Cl)c(Br)c1. The van der Waals surface area contributed by atoms with Crippen molar-refractivity contribution in [3.8, 4) is 0 Å². The molecule has 0 saturated heterocycles. The van der Waals surface area contributed by atoms with Crippen LogP contribution in [0.15, 0.2) is 63.5 Å². The minimum Gasteiger partial charge on any atom is -0.339 e. The van der Waals surface area contributed by atoms with Crippen LogP contribution in [0.2, 0.25) is 0 Å². The fourth-order valence-electron chi connectivity index (χ4n) is 3.13. The Hall–Kier alpha value is -1.09. The zero-order chi connectivity index (χ0) is 23.5. The first-order chi connectivity index (χ1) is 15.0. The first kappa shape index (κ1) is 25.5. The summed E-state index contributed by atoms with van der Waals surface area (Å²) in [6.45, 7) is 1.97. The summed E-state index contributed by atoms with van der Waals surface area (Å²) in [7, 11) is 0. The lowest BCUT2D eigenvalue weighted by Gasteiger charge is -2.28. The van der Waals surface area contributed by atoms with Gasteiger partial charge in [0.1, 0.15) is 6.17 Å². The van der Waals surface area contributed by atoms with Gasteiger partial charge in [0.25, 0.3) is 0 Å². The molecule has 0 heterocycles. The largest absolute Gasteiger partial charge is 0.339 e. The van der Waals surface area contributed by atoms with Gasteiger partial charge in [-0.25, -0.2) is 0 Å². The first-order valence-corrected chi connectivity index (χ1v) is 12.5. The van der Waals surface area contributed by atoms with Crippen molar-refractivity contribution in [2.45, 2.75) is 23.3 Å². The van der Waals surface area contributed by atoms with E-state index in [9.17, 15) is 4.79 Å². The molecule has 0 aliphatic heterocycles. The Morgan fingerprint density at radius 1 is 1.03 bits per heavy atom. The molecule has 0 aliphatic carbocycles. The van der Waals surface area contributed by atoms with E-state index in [0.717, 1.165) is 30.8 Å².